The molecule has 2 aromatic rings. The second kappa shape index (κ2) is 8.69. The average molecular weight is 383 g/mol. The molecule has 0 saturated carbocycles. The number of carbonyl (C=O) groups excluding carboxylic acids is 1. The highest BCUT2D eigenvalue weighted by Crippen LogP contribution is 2.30. The molecule has 28 heavy (non-hydrogen) atoms. The Bertz CT molecular complexity index is 779. The van der Waals surface area contributed by atoms with Crippen LogP contribution in [0.5, 0.6) is 5.75 Å². The number of nitrogens with zero attached hydrogens (tertiary/aromatic N) is 2. The minimum absolute atomic E-state index is 0.0415. The van der Waals surface area contributed by atoms with Crippen molar-refractivity contribution in [2.75, 3.05) is 32.8 Å². The van der Waals surface area contributed by atoms with Crippen molar-refractivity contribution >= 4 is 6.03 Å². The number of rotatable bonds is 5. The monoisotopic (exact) mass is 383 g/mol. The topological polar surface area (TPSA) is 58.0 Å². The van der Waals surface area contributed by atoms with E-state index in [4.69, 9.17) is 9.15 Å². The Kier molecular flexibility index (Phi) is 5.86. The van der Waals surface area contributed by atoms with Gasteiger partial charge in [0.05, 0.1) is 18.9 Å². The molecule has 1 aliphatic carbocycles. The SMILES string of the molecule is CCOc1ccc(CN2CCN(C(=O)NC3CCCc4occc43)CC2)cc1. The van der Waals surface area contributed by atoms with Gasteiger partial charge < -0.3 is 19.4 Å². The first-order chi connectivity index (χ1) is 13.7. The molecule has 1 saturated heterocycles. The third-order valence-corrected chi connectivity index (χ3v) is 5.65. The number of furan rings is 1. The molecule has 1 aromatic heterocycles. The summed E-state index contributed by atoms with van der Waals surface area (Å²) in [7, 11) is 0. The van der Waals surface area contributed by atoms with Crippen LogP contribution in [-0.2, 0) is 13.0 Å². The molecule has 1 unspecified atom stereocenters. The highest BCUT2D eigenvalue weighted by Gasteiger charge is 2.27. The van der Waals surface area contributed by atoms with E-state index in [-0.39, 0.29) is 12.1 Å². The highest BCUT2D eigenvalue weighted by atomic mass is 16.5. The van der Waals surface area contributed by atoms with Crippen LogP contribution in [-0.4, -0.2) is 48.6 Å². The predicted molar refractivity (Wildman–Crippen MR) is 107 cm³/mol. The van der Waals surface area contributed by atoms with Crippen LogP contribution in [0, 0.1) is 0 Å². The molecule has 1 aromatic carbocycles. The molecule has 6 heteroatoms. The molecule has 0 radical (unpaired) electrons. The van der Waals surface area contributed by atoms with Crippen LogP contribution < -0.4 is 10.1 Å². The van der Waals surface area contributed by atoms with Gasteiger partial charge in [0.15, 0.2) is 0 Å². The van der Waals surface area contributed by atoms with Crippen molar-refractivity contribution in [2.45, 2.75) is 38.8 Å². The Labute approximate surface area is 166 Å². The van der Waals surface area contributed by atoms with Gasteiger partial charge in [-0.3, -0.25) is 4.90 Å². The van der Waals surface area contributed by atoms with Crippen molar-refractivity contribution in [2.24, 2.45) is 0 Å². The first-order valence-electron chi connectivity index (χ1n) is 10.3. The summed E-state index contributed by atoms with van der Waals surface area (Å²) in [5, 5.41) is 3.21. The lowest BCUT2D eigenvalue weighted by Gasteiger charge is -2.36. The Balaban J connectivity index is 1.25. The zero-order valence-electron chi connectivity index (χ0n) is 16.5. The summed E-state index contributed by atoms with van der Waals surface area (Å²) < 4.78 is 11.0. The van der Waals surface area contributed by atoms with E-state index in [9.17, 15) is 4.79 Å². The van der Waals surface area contributed by atoms with Gasteiger partial charge in [-0.1, -0.05) is 12.1 Å². The Morgan fingerprint density at radius 3 is 2.71 bits per heavy atom. The fraction of sp³-hybridized carbons (Fsp3) is 0.500. The van der Waals surface area contributed by atoms with Gasteiger partial charge in [-0.25, -0.2) is 4.79 Å². The lowest BCUT2D eigenvalue weighted by molar-refractivity contribution is 0.132. The maximum Gasteiger partial charge on any atom is 0.317 e. The minimum atomic E-state index is 0.0415. The van der Waals surface area contributed by atoms with E-state index < -0.39 is 0 Å². The Morgan fingerprint density at radius 1 is 1.18 bits per heavy atom. The smallest absolute Gasteiger partial charge is 0.317 e. The second-order valence-corrected chi connectivity index (χ2v) is 7.53. The van der Waals surface area contributed by atoms with E-state index in [0.29, 0.717) is 6.61 Å². The van der Waals surface area contributed by atoms with Crippen molar-refractivity contribution in [1.82, 2.24) is 15.1 Å². The van der Waals surface area contributed by atoms with Crippen molar-refractivity contribution in [3.05, 3.63) is 53.5 Å². The second-order valence-electron chi connectivity index (χ2n) is 7.53. The summed E-state index contributed by atoms with van der Waals surface area (Å²) in [5.74, 6) is 1.94. The van der Waals surface area contributed by atoms with Gasteiger partial charge in [-0.2, -0.15) is 0 Å². The number of ether oxygens (including phenoxy) is 1. The number of benzene rings is 1. The average Bonchev–Trinajstić information content (AvgIpc) is 3.20. The van der Waals surface area contributed by atoms with E-state index in [1.54, 1.807) is 6.26 Å². The third-order valence-electron chi connectivity index (χ3n) is 5.65. The lowest BCUT2D eigenvalue weighted by Crippen LogP contribution is -2.52. The van der Waals surface area contributed by atoms with E-state index in [2.05, 4.69) is 22.3 Å². The predicted octanol–water partition coefficient (Wildman–Crippen LogP) is 3.58. The van der Waals surface area contributed by atoms with Crippen molar-refractivity contribution in [1.29, 1.82) is 0 Å². The van der Waals surface area contributed by atoms with Crippen LogP contribution in [0.2, 0.25) is 0 Å². The summed E-state index contributed by atoms with van der Waals surface area (Å²) in [6.45, 7) is 6.88. The Hall–Kier alpha value is -2.47. The molecule has 0 spiro atoms. The van der Waals surface area contributed by atoms with Crippen LogP contribution in [0.4, 0.5) is 4.79 Å². The van der Waals surface area contributed by atoms with E-state index in [1.807, 2.05) is 30.0 Å². The maximum atomic E-state index is 12.7. The fourth-order valence-electron chi connectivity index (χ4n) is 4.10. The molecular formula is C22H29N3O3. The number of hydrogen-bond donors (Lipinski definition) is 1. The first kappa shape index (κ1) is 18.9. The number of hydrogen-bond acceptors (Lipinski definition) is 4. The van der Waals surface area contributed by atoms with Gasteiger partial charge in [0.1, 0.15) is 11.5 Å². The van der Waals surface area contributed by atoms with Crippen LogP contribution in [0.25, 0.3) is 0 Å². The highest BCUT2D eigenvalue weighted by molar-refractivity contribution is 5.75. The van der Waals surface area contributed by atoms with Gasteiger partial charge in [0.25, 0.3) is 0 Å². The van der Waals surface area contributed by atoms with Crippen molar-refractivity contribution < 1.29 is 13.9 Å². The summed E-state index contributed by atoms with van der Waals surface area (Å²) in [4.78, 5) is 17.0. The zero-order chi connectivity index (χ0) is 19.3. The van der Waals surface area contributed by atoms with E-state index in [1.165, 1.54) is 5.56 Å². The third kappa shape index (κ3) is 4.33. The van der Waals surface area contributed by atoms with Gasteiger partial charge >= 0.3 is 6.03 Å². The number of piperazine rings is 1. The van der Waals surface area contributed by atoms with Gasteiger partial charge in [0, 0.05) is 44.7 Å². The van der Waals surface area contributed by atoms with E-state index in [0.717, 1.165) is 69.1 Å². The molecule has 1 atom stereocenters. The molecule has 1 aliphatic heterocycles. The number of carbonyl (C=O) groups is 1. The summed E-state index contributed by atoms with van der Waals surface area (Å²) in [5.41, 5.74) is 2.42. The van der Waals surface area contributed by atoms with Crippen LogP contribution >= 0.6 is 0 Å². The molecule has 4 rings (SSSR count). The van der Waals surface area contributed by atoms with Crippen LogP contribution in [0.15, 0.2) is 41.0 Å². The van der Waals surface area contributed by atoms with E-state index >= 15 is 0 Å². The van der Waals surface area contributed by atoms with Crippen molar-refractivity contribution in [3.63, 3.8) is 0 Å². The number of urea groups is 1. The molecule has 1 fully saturated rings. The van der Waals surface area contributed by atoms with Gasteiger partial charge in [-0.15, -0.1) is 0 Å². The Morgan fingerprint density at radius 2 is 1.96 bits per heavy atom. The maximum absolute atomic E-state index is 12.7. The number of amides is 2. The van der Waals surface area contributed by atoms with Crippen molar-refractivity contribution in [3.8, 4) is 5.75 Å². The zero-order valence-corrected chi connectivity index (χ0v) is 16.5. The van der Waals surface area contributed by atoms with Gasteiger partial charge in [0.2, 0.25) is 0 Å². The summed E-state index contributed by atoms with van der Waals surface area (Å²) in [6.07, 6.45) is 4.74. The standard InChI is InChI=1S/C22H29N3O3/c1-2-27-18-8-6-17(7-9-18)16-24-11-13-25(14-12-24)22(26)23-20-4-3-5-21-19(20)10-15-28-21/h6-10,15,20H,2-5,11-14,16H2,1H3,(H,23,26). The molecule has 2 amide bonds. The van der Waals surface area contributed by atoms with Crippen LogP contribution in [0.1, 0.15) is 42.7 Å². The largest absolute Gasteiger partial charge is 0.494 e. The summed E-state index contributed by atoms with van der Waals surface area (Å²) in [6, 6.07) is 10.4. The number of aryl methyl sites for hydroxylation is 1. The number of nitrogens with one attached hydrogen (secondary N) is 1. The molecule has 150 valence electrons. The van der Waals surface area contributed by atoms with Crippen LogP contribution in [0.3, 0.4) is 0 Å². The summed E-state index contributed by atoms with van der Waals surface area (Å²) >= 11 is 0. The fourth-order valence-corrected chi connectivity index (χ4v) is 4.10. The first-order valence-corrected chi connectivity index (χ1v) is 10.3. The quantitative estimate of drug-likeness (QED) is 0.857. The normalized spacial score (nSPS) is 19.9. The molecule has 6 nitrogen and oxygen atoms in total. The lowest BCUT2D eigenvalue weighted by atomic mass is 9.93. The molecule has 2 heterocycles. The molecular weight excluding hydrogens is 354 g/mol. The molecule has 0 bridgehead atoms. The number of fused-ring (bicyclic) bond motifs is 1. The van der Waals surface area contributed by atoms with Gasteiger partial charge in [-0.05, 0) is 43.5 Å². The minimum Gasteiger partial charge on any atom is -0.494 e. The molecule has 1 N–H and O–H groups in total. The molecule has 2 aliphatic rings.